The summed E-state index contributed by atoms with van der Waals surface area (Å²) in [6.07, 6.45) is 1.15. The van der Waals surface area contributed by atoms with Crippen LogP contribution in [0.5, 0.6) is 0 Å². The number of hydrogen-bond acceptors (Lipinski definition) is 2. The van der Waals surface area contributed by atoms with Gasteiger partial charge in [0.25, 0.3) is 0 Å². The zero-order valence-electron chi connectivity index (χ0n) is 12.7. The van der Waals surface area contributed by atoms with Gasteiger partial charge in [-0.25, -0.2) is 0 Å². The summed E-state index contributed by atoms with van der Waals surface area (Å²) in [6.45, 7) is 7.31. The Balaban J connectivity index is 2.92. The molecule has 4 heteroatoms. The average molecular weight is 276 g/mol. The van der Waals surface area contributed by atoms with E-state index in [1.54, 1.807) is 0 Å². The first-order chi connectivity index (χ1) is 9.04. The SMILES string of the molecule is CC(C)(Cc1cccc(CC(C)(C)C(N)=O)c1)C(N)=O. The van der Waals surface area contributed by atoms with E-state index in [4.69, 9.17) is 11.5 Å². The molecular formula is C16H24N2O2. The van der Waals surface area contributed by atoms with E-state index in [0.29, 0.717) is 12.8 Å². The van der Waals surface area contributed by atoms with Crippen LogP contribution in [0.25, 0.3) is 0 Å². The molecule has 0 aliphatic rings. The van der Waals surface area contributed by atoms with Crippen molar-refractivity contribution in [1.29, 1.82) is 0 Å². The van der Waals surface area contributed by atoms with Crippen LogP contribution in [0, 0.1) is 10.8 Å². The van der Waals surface area contributed by atoms with Crippen molar-refractivity contribution in [3.63, 3.8) is 0 Å². The van der Waals surface area contributed by atoms with Gasteiger partial charge in [-0.15, -0.1) is 0 Å². The van der Waals surface area contributed by atoms with Gasteiger partial charge in [0, 0.05) is 10.8 Å². The molecule has 0 saturated heterocycles. The fourth-order valence-electron chi connectivity index (χ4n) is 2.04. The number of hydrogen-bond donors (Lipinski definition) is 2. The van der Waals surface area contributed by atoms with Gasteiger partial charge in [0.1, 0.15) is 0 Å². The highest BCUT2D eigenvalue weighted by Crippen LogP contribution is 2.25. The van der Waals surface area contributed by atoms with Crippen molar-refractivity contribution in [2.45, 2.75) is 40.5 Å². The van der Waals surface area contributed by atoms with E-state index in [1.807, 2.05) is 52.0 Å². The minimum absolute atomic E-state index is 0.319. The molecule has 0 aliphatic heterocycles. The lowest BCUT2D eigenvalue weighted by Gasteiger charge is -2.23. The molecule has 0 radical (unpaired) electrons. The summed E-state index contributed by atoms with van der Waals surface area (Å²) < 4.78 is 0. The largest absolute Gasteiger partial charge is 0.369 e. The van der Waals surface area contributed by atoms with Crippen molar-refractivity contribution >= 4 is 11.8 Å². The lowest BCUT2D eigenvalue weighted by atomic mass is 9.82. The summed E-state index contributed by atoms with van der Waals surface area (Å²) in [5.74, 6) is -0.638. The number of carbonyl (C=O) groups excluding carboxylic acids is 2. The Morgan fingerprint density at radius 1 is 0.900 bits per heavy atom. The molecule has 20 heavy (non-hydrogen) atoms. The topological polar surface area (TPSA) is 86.2 Å². The Hall–Kier alpha value is -1.84. The van der Waals surface area contributed by atoms with E-state index in [2.05, 4.69) is 0 Å². The fourth-order valence-corrected chi connectivity index (χ4v) is 2.04. The Labute approximate surface area is 120 Å². The summed E-state index contributed by atoms with van der Waals surface area (Å²) in [4.78, 5) is 22.8. The number of carbonyl (C=O) groups is 2. The van der Waals surface area contributed by atoms with E-state index in [1.165, 1.54) is 0 Å². The third-order valence-electron chi connectivity index (χ3n) is 3.62. The molecule has 1 rings (SSSR count). The average Bonchev–Trinajstić information content (AvgIpc) is 2.27. The van der Waals surface area contributed by atoms with E-state index < -0.39 is 10.8 Å². The summed E-state index contributed by atoms with van der Waals surface area (Å²) in [5, 5.41) is 0. The molecule has 1 aromatic rings. The van der Waals surface area contributed by atoms with Crippen LogP contribution in [-0.4, -0.2) is 11.8 Å². The first-order valence-corrected chi connectivity index (χ1v) is 6.72. The van der Waals surface area contributed by atoms with Gasteiger partial charge in [0.2, 0.25) is 11.8 Å². The highest BCUT2D eigenvalue weighted by Gasteiger charge is 2.27. The van der Waals surface area contributed by atoms with Gasteiger partial charge in [-0.3, -0.25) is 9.59 Å². The van der Waals surface area contributed by atoms with E-state index in [9.17, 15) is 9.59 Å². The van der Waals surface area contributed by atoms with Crippen molar-refractivity contribution in [2.75, 3.05) is 0 Å². The van der Waals surface area contributed by atoms with Gasteiger partial charge in [0.05, 0.1) is 0 Å². The molecule has 0 aromatic heterocycles. The van der Waals surface area contributed by atoms with Crippen LogP contribution in [0.15, 0.2) is 24.3 Å². The first-order valence-electron chi connectivity index (χ1n) is 6.72. The summed E-state index contributed by atoms with van der Waals surface area (Å²) >= 11 is 0. The highest BCUT2D eigenvalue weighted by atomic mass is 16.1. The zero-order chi connectivity index (χ0) is 15.6. The van der Waals surface area contributed by atoms with E-state index in [-0.39, 0.29) is 11.8 Å². The van der Waals surface area contributed by atoms with Gasteiger partial charge in [-0.2, -0.15) is 0 Å². The van der Waals surface area contributed by atoms with E-state index in [0.717, 1.165) is 11.1 Å². The second kappa shape index (κ2) is 5.65. The molecule has 0 saturated carbocycles. The maximum absolute atomic E-state index is 11.4. The molecule has 0 spiro atoms. The van der Waals surface area contributed by atoms with Crippen molar-refractivity contribution < 1.29 is 9.59 Å². The molecule has 110 valence electrons. The smallest absolute Gasteiger partial charge is 0.223 e. The monoisotopic (exact) mass is 276 g/mol. The fraction of sp³-hybridized carbons (Fsp3) is 0.500. The molecule has 0 fully saturated rings. The summed E-state index contributed by atoms with van der Waals surface area (Å²) in [7, 11) is 0. The van der Waals surface area contributed by atoms with Crippen LogP contribution in [0.4, 0.5) is 0 Å². The highest BCUT2D eigenvalue weighted by molar-refractivity contribution is 5.80. The summed E-state index contributed by atoms with van der Waals surface area (Å²) in [5.41, 5.74) is 11.7. The lowest BCUT2D eigenvalue weighted by molar-refractivity contribution is -0.126. The van der Waals surface area contributed by atoms with Gasteiger partial charge in [-0.1, -0.05) is 52.0 Å². The number of amides is 2. The quantitative estimate of drug-likeness (QED) is 0.830. The van der Waals surface area contributed by atoms with E-state index >= 15 is 0 Å². The van der Waals surface area contributed by atoms with Gasteiger partial charge < -0.3 is 11.5 Å². The standard InChI is InChI=1S/C16H24N2O2/c1-15(2,13(17)19)9-11-6-5-7-12(8-11)10-16(3,4)14(18)20/h5-8H,9-10H2,1-4H3,(H2,17,19)(H2,18,20). The number of rotatable bonds is 6. The van der Waals surface area contributed by atoms with Crippen molar-refractivity contribution in [3.8, 4) is 0 Å². The summed E-state index contributed by atoms with van der Waals surface area (Å²) in [6, 6.07) is 7.87. The predicted molar refractivity (Wildman–Crippen MR) is 79.8 cm³/mol. The molecule has 1 aromatic carbocycles. The third kappa shape index (κ3) is 4.08. The van der Waals surface area contributed by atoms with Crippen molar-refractivity contribution in [2.24, 2.45) is 22.3 Å². The van der Waals surface area contributed by atoms with Crippen LogP contribution in [0.1, 0.15) is 38.8 Å². The lowest BCUT2D eigenvalue weighted by Crippen LogP contribution is -2.34. The Bertz CT molecular complexity index is 476. The second-order valence-corrected chi connectivity index (χ2v) is 6.67. The molecule has 2 amide bonds. The van der Waals surface area contributed by atoms with Gasteiger partial charge >= 0.3 is 0 Å². The second-order valence-electron chi connectivity index (χ2n) is 6.67. The maximum atomic E-state index is 11.4. The molecule has 0 bridgehead atoms. The Morgan fingerprint density at radius 2 is 1.25 bits per heavy atom. The minimum atomic E-state index is -0.585. The van der Waals surface area contributed by atoms with Crippen LogP contribution in [0.2, 0.25) is 0 Å². The predicted octanol–water partition coefficient (Wildman–Crippen LogP) is 1.79. The maximum Gasteiger partial charge on any atom is 0.223 e. The Kier molecular flexibility index (Phi) is 4.58. The third-order valence-corrected chi connectivity index (χ3v) is 3.62. The molecule has 4 nitrogen and oxygen atoms in total. The van der Waals surface area contributed by atoms with Crippen molar-refractivity contribution in [1.82, 2.24) is 0 Å². The molecule has 0 unspecified atom stereocenters. The van der Waals surface area contributed by atoms with Crippen molar-refractivity contribution in [3.05, 3.63) is 35.4 Å². The molecule has 4 N–H and O–H groups in total. The molecule has 0 aliphatic carbocycles. The van der Waals surface area contributed by atoms with Gasteiger partial charge in [0.15, 0.2) is 0 Å². The molecular weight excluding hydrogens is 252 g/mol. The van der Waals surface area contributed by atoms with Crippen LogP contribution in [-0.2, 0) is 22.4 Å². The zero-order valence-corrected chi connectivity index (χ0v) is 12.7. The Morgan fingerprint density at radius 3 is 1.55 bits per heavy atom. The van der Waals surface area contributed by atoms with Crippen LogP contribution < -0.4 is 11.5 Å². The molecule has 0 heterocycles. The normalized spacial score (nSPS) is 12.2. The van der Waals surface area contributed by atoms with Gasteiger partial charge in [-0.05, 0) is 24.0 Å². The number of primary amides is 2. The van der Waals surface area contributed by atoms with Crippen LogP contribution >= 0.6 is 0 Å². The van der Waals surface area contributed by atoms with Crippen LogP contribution in [0.3, 0.4) is 0 Å². The molecule has 0 atom stereocenters. The number of nitrogens with two attached hydrogens (primary N) is 2. The minimum Gasteiger partial charge on any atom is -0.369 e. The first kappa shape index (κ1) is 16.2. The number of benzene rings is 1.